The third-order valence-electron chi connectivity index (χ3n) is 4.29. The monoisotopic (exact) mass is 363 g/mol. The molecule has 6 nitrogen and oxygen atoms in total. The predicted octanol–water partition coefficient (Wildman–Crippen LogP) is 2.90. The molecule has 26 heavy (non-hydrogen) atoms. The molecule has 1 aromatic carbocycles. The Morgan fingerprint density at radius 1 is 1.04 bits per heavy atom. The lowest BCUT2D eigenvalue weighted by atomic mass is 9.92. The fourth-order valence-corrected chi connectivity index (χ4v) is 3.22. The van der Waals surface area contributed by atoms with Gasteiger partial charge < -0.3 is 19.1 Å². The van der Waals surface area contributed by atoms with Crippen LogP contribution < -0.4 is 9.47 Å². The molecule has 2 unspecified atom stereocenters. The molecular formula is C20H29NO5. The van der Waals surface area contributed by atoms with Crippen LogP contribution in [0.1, 0.15) is 33.6 Å². The average Bonchev–Trinajstić information content (AvgIpc) is 2.60. The molecule has 0 aliphatic carbocycles. The Hall–Kier alpha value is -2.24. The lowest BCUT2D eigenvalue weighted by Crippen LogP contribution is -2.44. The van der Waals surface area contributed by atoms with E-state index in [4.69, 9.17) is 14.2 Å². The number of ether oxygens (including phenoxy) is 3. The van der Waals surface area contributed by atoms with E-state index in [0.717, 1.165) is 25.3 Å². The number of rotatable bonds is 8. The summed E-state index contributed by atoms with van der Waals surface area (Å²) in [5.74, 6) is 1.86. The fraction of sp³-hybridized carbons (Fsp3) is 0.600. The Labute approximate surface area is 155 Å². The van der Waals surface area contributed by atoms with Crippen molar-refractivity contribution in [3.05, 3.63) is 24.3 Å². The number of carbonyl (C=O) groups excluding carboxylic acids is 2. The number of carbonyl (C=O) groups is 2. The summed E-state index contributed by atoms with van der Waals surface area (Å²) in [5, 5.41) is 0. The summed E-state index contributed by atoms with van der Waals surface area (Å²) in [5.41, 5.74) is 0. The Balaban J connectivity index is 1.64. The zero-order valence-electron chi connectivity index (χ0n) is 15.9. The van der Waals surface area contributed by atoms with Gasteiger partial charge in [-0.15, -0.1) is 0 Å². The first-order chi connectivity index (χ1) is 12.5. The van der Waals surface area contributed by atoms with E-state index >= 15 is 0 Å². The largest absolute Gasteiger partial charge is 0.494 e. The molecule has 0 radical (unpaired) electrons. The standard InChI is InChI=1S/C20H29NO5/c1-4-24-17-5-7-18(8-6-17)25-10-9-20(23)26-14-19(22)21-12-15(2)11-16(3)13-21/h5-8,15-16H,4,9-14H2,1-3H3. The molecule has 0 saturated carbocycles. The van der Waals surface area contributed by atoms with Gasteiger partial charge >= 0.3 is 5.97 Å². The highest BCUT2D eigenvalue weighted by molar-refractivity contribution is 5.80. The van der Waals surface area contributed by atoms with E-state index in [-0.39, 0.29) is 25.5 Å². The number of likely N-dealkylation sites (tertiary alicyclic amines) is 1. The first-order valence-corrected chi connectivity index (χ1v) is 9.27. The summed E-state index contributed by atoms with van der Waals surface area (Å²) in [6.45, 7) is 8.30. The molecule has 2 atom stereocenters. The zero-order chi connectivity index (χ0) is 18.9. The van der Waals surface area contributed by atoms with Gasteiger partial charge in [-0.25, -0.2) is 0 Å². The van der Waals surface area contributed by atoms with E-state index in [1.54, 1.807) is 17.0 Å². The summed E-state index contributed by atoms with van der Waals surface area (Å²) in [7, 11) is 0. The average molecular weight is 363 g/mol. The first kappa shape index (κ1) is 20.1. The van der Waals surface area contributed by atoms with E-state index in [0.29, 0.717) is 24.2 Å². The molecule has 1 aliphatic rings. The topological polar surface area (TPSA) is 65.1 Å². The molecule has 1 heterocycles. The minimum Gasteiger partial charge on any atom is -0.494 e. The number of hydrogen-bond donors (Lipinski definition) is 0. The van der Waals surface area contributed by atoms with Crippen molar-refractivity contribution in [1.29, 1.82) is 0 Å². The lowest BCUT2D eigenvalue weighted by molar-refractivity contribution is -0.153. The number of hydrogen-bond acceptors (Lipinski definition) is 5. The second-order valence-electron chi connectivity index (χ2n) is 6.91. The van der Waals surface area contributed by atoms with E-state index in [1.807, 2.05) is 19.1 Å². The Bertz CT molecular complexity index is 576. The van der Waals surface area contributed by atoms with Crippen LogP contribution >= 0.6 is 0 Å². The Morgan fingerprint density at radius 3 is 2.19 bits per heavy atom. The molecule has 1 fully saturated rings. The van der Waals surface area contributed by atoms with Gasteiger partial charge in [0, 0.05) is 13.1 Å². The highest BCUT2D eigenvalue weighted by atomic mass is 16.5. The van der Waals surface area contributed by atoms with Crippen molar-refractivity contribution in [2.24, 2.45) is 11.8 Å². The zero-order valence-corrected chi connectivity index (χ0v) is 15.9. The van der Waals surface area contributed by atoms with Gasteiger partial charge in [0.2, 0.25) is 0 Å². The maximum atomic E-state index is 12.2. The quantitative estimate of drug-likeness (QED) is 0.665. The summed E-state index contributed by atoms with van der Waals surface area (Å²) in [4.78, 5) is 25.8. The number of nitrogens with zero attached hydrogens (tertiary/aromatic N) is 1. The van der Waals surface area contributed by atoms with Crippen molar-refractivity contribution in [2.45, 2.75) is 33.6 Å². The molecule has 6 heteroatoms. The molecule has 2 rings (SSSR count). The predicted molar refractivity (Wildman–Crippen MR) is 98.2 cm³/mol. The minimum absolute atomic E-state index is 0.104. The van der Waals surface area contributed by atoms with Crippen LogP contribution in [0.5, 0.6) is 11.5 Å². The van der Waals surface area contributed by atoms with Crippen molar-refractivity contribution in [2.75, 3.05) is 32.9 Å². The lowest BCUT2D eigenvalue weighted by Gasteiger charge is -2.34. The summed E-state index contributed by atoms with van der Waals surface area (Å²) in [6.07, 6.45) is 1.24. The Kier molecular flexibility index (Phi) is 7.75. The number of piperidine rings is 1. The van der Waals surface area contributed by atoms with Gasteiger partial charge in [-0.05, 0) is 49.4 Å². The van der Waals surface area contributed by atoms with Gasteiger partial charge in [-0.3, -0.25) is 9.59 Å². The summed E-state index contributed by atoms with van der Waals surface area (Å²) in [6, 6.07) is 7.21. The molecule has 1 aromatic rings. The van der Waals surface area contributed by atoms with E-state index in [9.17, 15) is 9.59 Å². The highest BCUT2D eigenvalue weighted by Crippen LogP contribution is 2.21. The van der Waals surface area contributed by atoms with Crippen LogP contribution in [-0.2, 0) is 14.3 Å². The first-order valence-electron chi connectivity index (χ1n) is 9.27. The van der Waals surface area contributed by atoms with Gasteiger partial charge in [0.1, 0.15) is 11.5 Å². The van der Waals surface area contributed by atoms with Gasteiger partial charge in [0.15, 0.2) is 6.61 Å². The number of amides is 1. The normalized spacial score (nSPS) is 19.7. The summed E-state index contributed by atoms with van der Waals surface area (Å²) >= 11 is 0. The fourth-order valence-electron chi connectivity index (χ4n) is 3.22. The van der Waals surface area contributed by atoms with Crippen LogP contribution in [0.4, 0.5) is 0 Å². The SMILES string of the molecule is CCOc1ccc(OCCC(=O)OCC(=O)N2CC(C)CC(C)C2)cc1. The molecule has 0 spiro atoms. The Morgan fingerprint density at radius 2 is 1.62 bits per heavy atom. The molecule has 1 saturated heterocycles. The number of benzene rings is 1. The molecule has 0 aromatic heterocycles. The van der Waals surface area contributed by atoms with Crippen LogP contribution in [0.15, 0.2) is 24.3 Å². The molecule has 0 N–H and O–H groups in total. The van der Waals surface area contributed by atoms with Crippen molar-refractivity contribution in [3.63, 3.8) is 0 Å². The molecular weight excluding hydrogens is 334 g/mol. The van der Waals surface area contributed by atoms with E-state index in [1.165, 1.54) is 0 Å². The van der Waals surface area contributed by atoms with Gasteiger partial charge in [0.05, 0.1) is 19.6 Å². The van der Waals surface area contributed by atoms with Crippen molar-refractivity contribution >= 4 is 11.9 Å². The molecule has 0 bridgehead atoms. The van der Waals surface area contributed by atoms with E-state index < -0.39 is 5.97 Å². The van der Waals surface area contributed by atoms with Crippen LogP contribution in [0.25, 0.3) is 0 Å². The van der Waals surface area contributed by atoms with Crippen LogP contribution in [-0.4, -0.2) is 49.7 Å². The van der Waals surface area contributed by atoms with Crippen LogP contribution in [0, 0.1) is 11.8 Å². The highest BCUT2D eigenvalue weighted by Gasteiger charge is 2.25. The van der Waals surface area contributed by atoms with Gasteiger partial charge in [0.25, 0.3) is 5.91 Å². The maximum absolute atomic E-state index is 12.2. The smallest absolute Gasteiger partial charge is 0.309 e. The summed E-state index contributed by atoms with van der Waals surface area (Å²) < 4.78 is 16.0. The van der Waals surface area contributed by atoms with Crippen LogP contribution in [0.2, 0.25) is 0 Å². The van der Waals surface area contributed by atoms with Gasteiger partial charge in [-0.1, -0.05) is 13.8 Å². The van der Waals surface area contributed by atoms with Crippen molar-refractivity contribution < 1.29 is 23.8 Å². The molecule has 144 valence electrons. The second kappa shape index (κ2) is 10.0. The molecule has 1 aliphatic heterocycles. The van der Waals surface area contributed by atoms with Crippen molar-refractivity contribution in [1.82, 2.24) is 4.90 Å². The second-order valence-corrected chi connectivity index (χ2v) is 6.91. The van der Waals surface area contributed by atoms with Crippen molar-refractivity contribution in [3.8, 4) is 11.5 Å². The van der Waals surface area contributed by atoms with Gasteiger partial charge in [-0.2, -0.15) is 0 Å². The van der Waals surface area contributed by atoms with Crippen LogP contribution in [0.3, 0.4) is 0 Å². The third-order valence-corrected chi connectivity index (χ3v) is 4.29. The number of esters is 1. The third kappa shape index (κ3) is 6.58. The maximum Gasteiger partial charge on any atom is 0.309 e. The van der Waals surface area contributed by atoms with E-state index in [2.05, 4.69) is 13.8 Å². The minimum atomic E-state index is -0.428. The molecule has 1 amide bonds.